The van der Waals surface area contributed by atoms with Gasteiger partial charge in [0.05, 0.1) is 0 Å². The van der Waals surface area contributed by atoms with E-state index in [0.717, 1.165) is 0 Å². The van der Waals surface area contributed by atoms with Gasteiger partial charge in [-0.25, -0.2) is 0 Å². The van der Waals surface area contributed by atoms with Crippen LogP contribution in [0.2, 0.25) is 0 Å². The third-order valence-electron chi connectivity index (χ3n) is 0. The molecule has 0 aromatic heterocycles. The molecule has 0 aliphatic heterocycles. The molecule has 0 rings (SSSR count). The van der Waals surface area contributed by atoms with Gasteiger partial charge in [0.15, 0.2) is 0 Å². The van der Waals surface area contributed by atoms with Crippen molar-refractivity contribution in [2.24, 2.45) is 0 Å². The first-order chi connectivity index (χ1) is 0. The molecule has 0 amide bonds. The summed E-state index contributed by atoms with van der Waals surface area (Å²) in [5.74, 6) is 0. The van der Waals surface area contributed by atoms with Crippen molar-refractivity contribution in [2.45, 2.75) is 0 Å². The average Bonchev–Trinajstić information content (AvgIpc) is 0. The van der Waals surface area contributed by atoms with Crippen LogP contribution in [0.1, 0.15) is 0 Å². The summed E-state index contributed by atoms with van der Waals surface area (Å²) in [4.78, 5) is 0. The smallest absolute Gasteiger partial charge is 2.00 e. The van der Waals surface area contributed by atoms with Crippen molar-refractivity contribution < 1.29 is 33.5 Å². The molecule has 0 aromatic carbocycles. The summed E-state index contributed by atoms with van der Waals surface area (Å²) in [5, 5.41) is 0. The predicted octanol–water partition coefficient (Wildman–Crippen LogP) is -0.740. The zero-order chi connectivity index (χ0) is 0. The Morgan fingerprint density at radius 3 is 0.600 bits per heavy atom. The zero-order valence-corrected chi connectivity index (χ0v) is 5.68. The third-order valence-corrected chi connectivity index (χ3v) is 0. The van der Waals surface area contributed by atoms with Crippen molar-refractivity contribution >= 4 is 24.4 Å². The van der Waals surface area contributed by atoms with Crippen LogP contribution in [-0.2, 0) is 33.5 Å². The quantitative estimate of drug-likeness (QED) is 0.487. The summed E-state index contributed by atoms with van der Waals surface area (Å²) in [6, 6.07) is 0. The van der Waals surface area contributed by atoms with Gasteiger partial charge in [-0.3, -0.25) is 0 Å². The Labute approximate surface area is 58.0 Å². The molecule has 3 radical (unpaired) electrons. The van der Waals surface area contributed by atoms with Gasteiger partial charge in [-0.1, -0.05) is 0 Å². The summed E-state index contributed by atoms with van der Waals surface area (Å²) >= 11 is 0. The van der Waals surface area contributed by atoms with Crippen LogP contribution in [0.4, 0.5) is 0 Å². The molecule has 0 N–H and O–H groups in total. The van der Waals surface area contributed by atoms with Gasteiger partial charge in [-0.2, -0.15) is 0 Å². The predicted molar refractivity (Wildman–Crippen MR) is 7.81 cm³/mol. The van der Waals surface area contributed by atoms with Crippen molar-refractivity contribution in [3.05, 3.63) is 0 Å². The number of hydrogen-bond donors (Lipinski definition) is 0. The van der Waals surface area contributed by atoms with Crippen LogP contribution < -0.4 is 0 Å². The molecule has 0 fully saturated rings. The Kier molecular flexibility index (Phi) is 1430. The Morgan fingerprint density at radius 1 is 0.600 bits per heavy atom. The Hall–Kier alpha value is 1.22. The van der Waals surface area contributed by atoms with Crippen LogP contribution in [0, 0.1) is 0 Å². The largest absolute Gasteiger partial charge is 3.00 e. The fourth-order valence-electron chi connectivity index (χ4n) is 0. The summed E-state index contributed by atoms with van der Waals surface area (Å²) in [5.41, 5.74) is 0. The van der Waals surface area contributed by atoms with Gasteiger partial charge in [-0.15, -0.1) is 0 Å². The average molecular weight is 226 g/mol. The van der Waals surface area contributed by atoms with Crippen LogP contribution in [0.15, 0.2) is 0 Å². The molecule has 5 heteroatoms. The third kappa shape index (κ3) is 36.4. The minimum Gasteiger partial charge on any atom is -2.00 e. The van der Waals surface area contributed by atoms with E-state index in [1.807, 2.05) is 0 Å². The zero-order valence-electron chi connectivity index (χ0n) is 2.03. The molecule has 0 atom stereocenters. The van der Waals surface area contributed by atoms with Crippen molar-refractivity contribution in [2.75, 3.05) is 0 Å². The van der Waals surface area contributed by atoms with Crippen molar-refractivity contribution in [1.82, 2.24) is 0 Å². The summed E-state index contributed by atoms with van der Waals surface area (Å²) < 4.78 is 0. The van der Waals surface area contributed by atoms with Crippen LogP contribution in [0.5, 0.6) is 0 Å². The fraction of sp³-hybridized carbons (Fsp3) is 0. The van der Waals surface area contributed by atoms with E-state index in [-0.39, 0.29) is 57.9 Å². The van der Waals surface area contributed by atoms with Gasteiger partial charge < -0.3 is 16.4 Å². The maximum absolute atomic E-state index is 0. The minimum atomic E-state index is 0. The first-order valence-electron chi connectivity index (χ1n) is 0. The monoisotopic (exact) mass is 225 g/mol. The molecule has 0 aromatic rings. The van der Waals surface area contributed by atoms with Gasteiger partial charge in [0, 0.05) is 0 Å². The molecular weight excluding hydrogens is 226 g/mol. The van der Waals surface area contributed by atoms with E-state index in [4.69, 9.17) is 0 Å². The second-order valence-corrected chi connectivity index (χ2v) is 0. The van der Waals surface area contributed by atoms with E-state index in [1.165, 1.54) is 0 Å². The summed E-state index contributed by atoms with van der Waals surface area (Å²) in [7, 11) is 0. The molecule has 0 saturated heterocycles. The summed E-state index contributed by atoms with van der Waals surface area (Å²) in [6.07, 6.45) is 0. The van der Waals surface area contributed by atoms with E-state index in [9.17, 15) is 0 Å². The first-order valence-corrected chi connectivity index (χ1v) is 0. The van der Waals surface area contributed by atoms with Gasteiger partial charge in [0.1, 0.15) is 0 Å². The van der Waals surface area contributed by atoms with Crippen molar-refractivity contribution in [3.63, 3.8) is 0 Å². The SMILES string of the molecule is [Fe+3].[O-2].[O-2].[O-2].[Sb+3]. The van der Waals surface area contributed by atoms with Crippen LogP contribution in [-0.4, -0.2) is 24.4 Å². The Balaban J connectivity index is 0. The van der Waals surface area contributed by atoms with E-state index >= 15 is 0 Å². The van der Waals surface area contributed by atoms with Crippen LogP contribution in [0.3, 0.4) is 0 Å². The molecule has 31 valence electrons. The molecule has 0 saturated carbocycles. The molecule has 0 unspecified atom stereocenters. The molecular formula is FeO3Sb. The van der Waals surface area contributed by atoms with Crippen LogP contribution >= 0.6 is 0 Å². The van der Waals surface area contributed by atoms with Crippen molar-refractivity contribution in [3.8, 4) is 0 Å². The normalized spacial score (nSPS) is 0. The molecule has 0 aliphatic carbocycles. The fourth-order valence-corrected chi connectivity index (χ4v) is 0. The maximum atomic E-state index is 0. The first kappa shape index (κ1) is 114. The molecule has 0 bridgehead atoms. The number of rotatable bonds is 0. The Morgan fingerprint density at radius 2 is 0.600 bits per heavy atom. The molecule has 5 heavy (non-hydrogen) atoms. The van der Waals surface area contributed by atoms with Gasteiger partial charge in [0.2, 0.25) is 0 Å². The van der Waals surface area contributed by atoms with Gasteiger partial charge in [0.25, 0.3) is 0 Å². The van der Waals surface area contributed by atoms with E-state index in [0.29, 0.717) is 0 Å². The molecule has 0 aliphatic rings. The second-order valence-electron chi connectivity index (χ2n) is 0. The standard InChI is InChI=1S/Fe.3O.Sb/q+3;3*-2;+3. The van der Waals surface area contributed by atoms with E-state index in [1.54, 1.807) is 0 Å². The topological polar surface area (TPSA) is 85.5 Å². The Bertz CT molecular complexity index is 6.85. The van der Waals surface area contributed by atoms with Crippen LogP contribution in [0.25, 0.3) is 0 Å². The van der Waals surface area contributed by atoms with Gasteiger partial charge in [-0.05, 0) is 0 Å². The van der Waals surface area contributed by atoms with Crippen molar-refractivity contribution in [1.29, 1.82) is 0 Å². The van der Waals surface area contributed by atoms with E-state index in [2.05, 4.69) is 0 Å². The number of hydrogen-bond acceptors (Lipinski definition) is 0. The molecule has 3 nitrogen and oxygen atoms in total. The minimum absolute atomic E-state index is 0. The molecule has 0 heterocycles. The van der Waals surface area contributed by atoms with E-state index < -0.39 is 0 Å². The molecule has 0 spiro atoms. The summed E-state index contributed by atoms with van der Waals surface area (Å²) in [6.45, 7) is 0. The van der Waals surface area contributed by atoms with Gasteiger partial charge >= 0.3 is 41.5 Å². The second kappa shape index (κ2) is 62.6. The maximum Gasteiger partial charge on any atom is 3.00 e.